The van der Waals surface area contributed by atoms with Gasteiger partial charge in [0.15, 0.2) is 0 Å². The van der Waals surface area contributed by atoms with Gasteiger partial charge in [0.25, 0.3) is 0 Å². The van der Waals surface area contributed by atoms with Crippen LogP contribution in [0.25, 0.3) is 0 Å². The second-order valence-electron chi connectivity index (χ2n) is 4.99. The normalized spacial score (nSPS) is 15.1. The summed E-state index contributed by atoms with van der Waals surface area (Å²) in [4.78, 5) is 12.0. The van der Waals surface area contributed by atoms with Gasteiger partial charge in [-0.1, -0.05) is 6.07 Å². The van der Waals surface area contributed by atoms with Crippen molar-refractivity contribution in [2.45, 2.75) is 32.2 Å². The van der Waals surface area contributed by atoms with Gasteiger partial charge in [0, 0.05) is 19.3 Å². The second-order valence-corrected chi connectivity index (χ2v) is 4.99. The van der Waals surface area contributed by atoms with Gasteiger partial charge in [0.2, 0.25) is 5.91 Å². The number of anilines is 1. The van der Waals surface area contributed by atoms with Crippen LogP contribution in [0.4, 0.5) is 5.69 Å². The first kappa shape index (κ1) is 14.0. The molecule has 2 N–H and O–H groups in total. The van der Waals surface area contributed by atoms with Crippen molar-refractivity contribution in [1.29, 1.82) is 0 Å². The summed E-state index contributed by atoms with van der Waals surface area (Å²) in [5.74, 6) is -0.00551. The molecule has 0 unspecified atom stereocenters. The lowest BCUT2D eigenvalue weighted by atomic mass is 10.1. The third-order valence-corrected chi connectivity index (χ3v) is 3.52. The Hall–Kier alpha value is -1.39. The quantitative estimate of drug-likeness (QED) is 0.768. The SMILES string of the molecule is COCCN[C@@H](C)C(=O)Nc1ccc2c(c1)CCC2. The van der Waals surface area contributed by atoms with Crippen molar-refractivity contribution in [3.8, 4) is 0 Å². The molecule has 1 atom stereocenters. The zero-order valence-electron chi connectivity index (χ0n) is 11.7. The third-order valence-electron chi connectivity index (χ3n) is 3.52. The zero-order valence-corrected chi connectivity index (χ0v) is 11.7. The van der Waals surface area contributed by atoms with Gasteiger partial charge in [-0.3, -0.25) is 4.79 Å². The summed E-state index contributed by atoms with van der Waals surface area (Å²) in [6, 6.07) is 6.00. The van der Waals surface area contributed by atoms with Crippen molar-refractivity contribution < 1.29 is 9.53 Å². The fraction of sp³-hybridized carbons (Fsp3) is 0.533. The minimum Gasteiger partial charge on any atom is -0.383 e. The molecule has 4 nitrogen and oxygen atoms in total. The number of ether oxygens (including phenoxy) is 1. The van der Waals surface area contributed by atoms with E-state index in [1.54, 1.807) is 7.11 Å². The first-order chi connectivity index (χ1) is 9.20. The molecule has 4 heteroatoms. The van der Waals surface area contributed by atoms with Crippen LogP contribution in [0.5, 0.6) is 0 Å². The lowest BCUT2D eigenvalue weighted by Gasteiger charge is -2.14. The number of rotatable bonds is 6. The topological polar surface area (TPSA) is 50.4 Å². The van der Waals surface area contributed by atoms with Crippen molar-refractivity contribution in [3.63, 3.8) is 0 Å². The molecular formula is C15H22N2O2. The van der Waals surface area contributed by atoms with Gasteiger partial charge in [0.05, 0.1) is 12.6 Å². The van der Waals surface area contributed by atoms with E-state index in [1.807, 2.05) is 13.0 Å². The van der Waals surface area contributed by atoms with Crippen molar-refractivity contribution in [2.24, 2.45) is 0 Å². The summed E-state index contributed by atoms with van der Waals surface area (Å²) >= 11 is 0. The molecule has 1 aliphatic rings. The molecule has 0 fully saturated rings. The van der Waals surface area contributed by atoms with E-state index in [9.17, 15) is 4.79 Å². The summed E-state index contributed by atoms with van der Waals surface area (Å²) in [7, 11) is 1.65. The molecule has 104 valence electrons. The number of fused-ring (bicyclic) bond motifs is 1. The van der Waals surface area contributed by atoms with Crippen LogP contribution >= 0.6 is 0 Å². The van der Waals surface area contributed by atoms with Crippen LogP contribution in [0.3, 0.4) is 0 Å². The van der Waals surface area contributed by atoms with Crippen molar-refractivity contribution in [1.82, 2.24) is 5.32 Å². The molecular weight excluding hydrogens is 240 g/mol. The van der Waals surface area contributed by atoms with Gasteiger partial charge in [-0.25, -0.2) is 0 Å². The van der Waals surface area contributed by atoms with Gasteiger partial charge in [0.1, 0.15) is 0 Å². The number of nitrogens with one attached hydrogen (secondary N) is 2. The number of amides is 1. The maximum absolute atomic E-state index is 12.0. The largest absolute Gasteiger partial charge is 0.383 e. The van der Waals surface area contributed by atoms with E-state index in [0.29, 0.717) is 13.2 Å². The summed E-state index contributed by atoms with van der Waals surface area (Å²) in [5.41, 5.74) is 3.69. The number of aryl methyl sites for hydroxylation is 2. The highest BCUT2D eigenvalue weighted by Crippen LogP contribution is 2.24. The van der Waals surface area contributed by atoms with E-state index in [0.717, 1.165) is 12.1 Å². The Morgan fingerprint density at radius 2 is 2.16 bits per heavy atom. The minimum absolute atomic E-state index is 0.00551. The molecule has 1 aromatic rings. The van der Waals surface area contributed by atoms with Gasteiger partial charge >= 0.3 is 0 Å². The Kier molecular flexibility index (Phi) is 4.93. The number of carbonyl (C=O) groups excluding carboxylic acids is 1. The highest BCUT2D eigenvalue weighted by Gasteiger charge is 2.14. The maximum Gasteiger partial charge on any atom is 0.241 e. The van der Waals surface area contributed by atoms with Gasteiger partial charge < -0.3 is 15.4 Å². The standard InChI is InChI=1S/C15H22N2O2/c1-11(16-8-9-19-2)15(18)17-14-7-6-12-4-3-5-13(12)10-14/h6-7,10-11,16H,3-5,8-9H2,1-2H3,(H,17,18)/t11-/m0/s1. The smallest absolute Gasteiger partial charge is 0.241 e. The maximum atomic E-state index is 12.0. The van der Waals surface area contributed by atoms with Gasteiger partial charge in [-0.15, -0.1) is 0 Å². The summed E-state index contributed by atoms with van der Waals surface area (Å²) in [6.07, 6.45) is 3.51. The predicted octanol–water partition coefficient (Wildman–Crippen LogP) is 1.74. The average molecular weight is 262 g/mol. The van der Waals surface area contributed by atoms with E-state index >= 15 is 0 Å². The lowest BCUT2D eigenvalue weighted by Crippen LogP contribution is -2.39. The number of hydrogen-bond donors (Lipinski definition) is 2. The Balaban J connectivity index is 1.88. The minimum atomic E-state index is -0.219. The average Bonchev–Trinajstić information content (AvgIpc) is 2.86. The molecule has 0 saturated carbocycles. The summed E-state index contributed by atoms with van der Waals surface area (Å²) < 4.78 is 4.95. The van der Waals surface area contributed by atoms with E-state index in [2.05, 4.69) is 22.8 Å². The van der Waals surface area contributed by atoms with Gasteiger partial charge in [-0.2, -0.15) is 0 Å². The number of benzene rings is 1. The van der Waals surface area contributed by atoms with E-state index in [1.165, 1.54) is 24.0 Å². The lowest BCUT2D eigenvalue weighted by molar-refractivity contribution is -0.117. The van der Waals surface area contributed by atoms with Crippen molar-refractivity contribution in [3.05, 3.63) is 29.3 Å². The molecule has 1 aromatic carbocycles. The number of carbonyl (C=O) groups is 1. The molecule has 0 heterocycles. The molecule has 19 heavy (non-hydrogen) atoms. The Morgan fingerprint density at radius 3 is 2.95 bits per heavy atom. The Morgan fingerprint density at radius 1 is 1.37 bits per heavy atom. The summed E-state index contributed by atoms with van der Waals surface area (Å²) in [5, 5.41) is 6.07. The van der Waals surface area contributed by atoms with Crippen LogP contribution in [0, 0.1) is 0 Å². The van der Waals surface area contributed by atoms with Crippen LogP contribution < -0.4 is 10.6 Å². The monoisotopic (exact) mass is 262 g/mol. The van der Waals surface area contributed by atoms with Crippen molar-refractivity contribution >= 4 is 11.6 Å². The highest BCUT2D eigenvalue weighted by molar-refractivity contribution is 5.94. The van der Waals surface area contributed by atoms with Crippen LogP contribution in [0.1, 0.15) is 24.5 Å². The molecule has 0 radical (unpaired) electrons. The first-order valence-corrected chi connectivity index (χ1v) is 6.85. The van der Waals surface area contributed by atoms with E-state index in [-0.39, 0.29) is 11.9 Å². The Labute approximate surface area is 114 Å². The van der Waals surface area contributed by atoms with Crippen molar-refractivity contribution in [2.75, 3.05) is 25.6 Å². The fourth-order valence-corrected chi connectivity index (χ4v) is 2.37. The molecule has 0 bridgehead atoms. The third kappa shape index (κ3) is 3.78. The molecule has 0 aromatic heterocycles. The molecule has 0 saturated heterocycles. The van der Waals surface area contributed by atoms with Crippen LogP contribution in [0.15, 0.2) is 18.2 Å². The molecule has 2 rings (SSSR count). The number of hydrogen-bond acceptors (Lipinski definition) is 3. The van der Waals surface area contributed by atoms with Gasteiger partial charge in [-0.05, 0) is 49.4 Å². The summed E-state index contributed by atoms with van der Waals surface area (Å²) in [6.45, 7) is 3.14. The fourth-order valence-electron chi connectivity index (χ4n) is 2.37. The highest BCUT2D eigenvalue weighted by atomic mass is 16.5. The molecule has 0 aliphatic heterocycles. The Bertz CT molecular complexity index is 446. The molecule has 0 spiro atoms. The number of methoxy groups -OCH3 is 1. The second kappa shape index (κ2) is 6.68. The van der Waals surface area contributed by atoms with E-state index < -0.39 is 0 Å². The van der Waals surface area contributed by atoms with Crippen LogP contribution in [-0.4, -0.2) is 32.2 Å². The van der Waals surface area contributed by atoms with E-state index in [4.69, 9.17) is 4.74 Å². The zero-order chi connectivity index (χ0) is 13.7. The molecule has 1 amide bonds. The van der Waals surface area contributed by atoms with Crippen LogP contribution in [0.2, 0.25) is 0 Å². The van der Waals surface area contributed by atoms with Crippen LogP contribution in [-0.2, 0) is 22.4 Å². The molecule has 1 aliphatic carbocycles. The predicted molar refractivity (Wildman–Crippen MR) is 76.4 cm³/mol. The first-order valence-electron chi connectivity index (χ1n) is 6.85.